The van der Waals surface area contributed by atoms with Crippen LogP contribution < -0.4 is 0 Å². The average molecular weight is 245 g/mol. The minimum atomic E-state index is -0.578. The van der Waals surface area contributed by atoms with E-state index >= 15 is 0 Å². The summed E-state index contributed by atoms with van der Waals surface area (Å²) in [6.45, 7) is 6.76. The van der Waals surface area contributed by atoms with Gasteiger partial charge in [-0.1, -0.05) is 6.07 Å². The molecule has 2 aromatic heterocycles. The second kappa shape index (κ2) is 5.31. The van der Waals surface area contributed by atoms with Crippen molar-refractivity contribution < 1.29 is 5.11 Å². The number of pyridine rings is 1. The predicted molar refractivity (Wildman–Crippen MR) is 70.3 cm³/mol. The Balaban J connectivity index is 2.18. The zero-order valence-electron chi connectivity index (χ0n) is 11.1. The molecule has 0 radical (unpaired) electrons. The largest absolute Gasteiger partial charge is 0.386 e. The molecule has 0 saturated carbocycles. The quantitative estimate of drug-likeness (QED) is 0.898. The standard InChI is InChI=1S/C14H19N3O/c1-4-17-12(8-11(3)16-17)9-14(18)13-7-5-6-10(2)15-13/h5-8,14,18H,4,9H2,1-3H3. The summed E-state index contributed by atoms with van der Waals surface area (Å²) in [5.74, 6) is 0. The highest BCUT2D eigenvalue weighted by Crippen LogP contribution is 2.17. The lowest BCUT2D eigenvalue weighted by Crippen LogP contribution is -2.09. The van der Waals surface area contributed by atoms with Crippen molar-refractivity contribution in [1.29, 1.82) is 0 Å². The summed E-state index contributed by atoms with van der Waals surface area (Å²) in [5, 5.41) is 14.6. The van der Waals surface area contributed by atoms with Gasteiger partial charge in [-0.25, -0.2) is 0 Å². The molecule has 96 valence electrons. The van der Waals surface area contributed by atoms with E-state index < -0.39 is 6.10 Å². The van der Waals surface area contributed by atoms with Gasteiger partial charge >= 0.3 is 0 Å². The van der Waals surface area contributed by atoms with Gasteiger partial charge in [0, 0.05) is 24.4 Å². The summed E-state index contributed by atoms with van der Waals surface area (Å²) in [6.07, 6.45) is -0.0307. The summed E-state index contributed by atoms with van der Waals surface area (Å²) in [6, 6.07) is 7.72. The van der Waals surface area contributed by atoms with Crippen molar-refractivity contribution in [3.63, 3.8) is 0 Å². The smallest absolute Gasteiger partial charge is 0.101 e. The first-order valence-corrected chi connectivity index (χ1v) is 6.25. The fourth-order valence-corrected chi connectivity index (χ4v) is 2.09. The number of aliphatic hydroxyl groups excluding tert-OH is 1. The van der Waals surface area contributed by atoms with E-state index in [1.807, 2.05) is 49.7 Å². The number of nitrogens with zero attached hydrogens (tertiary/aromatic N) is 3. The van der Waals surface area contributed by atoms with Crippen LogP contribution in [0.4, 0.5) is 0 Å². The maximum Gasteiger partial charge on any atom is 0.101 e. The second-order valence-electron chi connectivity index (χ2n) is 4.52. The molecule has 2 aromatic rings. The normalized spacial score (nSPS) is 12.7. The number of aryl methyl sites for hydroxylation is 3. The first-order chi connectivity index (χ1) is 8.60. The molecular weight excluding hydrogens is 226 g/mol. The van der Waals surface area contributed by atoms with Crippen molar-refractivity contribution in [2.45, 2.75) is 39.8 Å². The van der Waals surface area contributed by atoms with Gasteiger partial charge in [0.1, 0.15) is 6.10 Å². The molecule has 0 saturated heterocycles. The lowest BCUT2D eigenvalue weighted by molar-refractivity contribution is 0.170. The molecule has 1 unspecified atom stereocenters. The molecule has 0 fully saturated rings. The van der Waals surface area contributed by atoms with Crippen molar-refractivity contribution >= 4 is 0 Å². The van der Waals surface area contributed by atoms with Crippen LogP contribution in [0.5, 0.6) is 0 Å². The third-order valence-electron chi connectivity index (χ3n) is 2.94. The summed E-state index contributed by atoms with van der Waals surface area (Å²) in [5.41, 5.74) is 3.67. The fraction of sp³-hybridized carbons (Fsp3) is 0.429. The third-order valence-corrected chi connectivity index (χ3v) is 2.94. The molecule has 2 heterocycles. The molecule has 18 heavy (non-hydrogen) atoms. The van der Waals surface area contributed by atoms with E-state index in [-0.39, 0.29) is 0 Å². The van der Waals surface area contributed by atoms with Crippen molar-refractivity contribution in [1.82, 2.24) is 14.8 Å². The van der Waals surface area contributed by atoms with Gasteiger partial charge in [0.25, 0.3) is 0 Å². The van der Waals surface area contributed by atoms with E-state index in [4.69, 9.17) is 0 Å². The average Bonchev–Trinajstić information content (AvgIpc) is 2.69. The van der Waals surface area contributed by atoms with Crippen LogP contribution in [-0.4, -0.2) is 19.9 Å². The number of rotatable bonds is 4. The summed E-state index contributed by atoms with van der Waals surface area (Å²) in [7, 11) is 0. The molecule has 0 aliphatic rings. The first-order valence-electron chi connectivity index (χ1n) is 6.25. The third kappa shape index (κ3) is 2.76. The molecule has 0 spiro atoms. The van der Waals surface area contributed by atoms with Gasteiger partial charge in [0.2, 0.25) is 0 Å². The topological polar surface area (TPSA) is 50.9 Å². The van der Waals surface area contributed by atoms with Gasteiger partial charge in [0.05, 0.1) is 11.4 Å². The van der Waals surface area contributed by atoms with E-state index in [1.165, 1.54) is 0 Å². The summed E-state index contributed by atoms with van der Waals surface area (Å²) >= 11 is 0. The van der Waals surface area contributed by atoms with Crippen LogP contribution in [0.1, 0.15) is 35.8 Å². The van der Waals surface area contributed by atoms with E-state index in [9.17, 15) is 5.11 Å². The Morgan fingerprint density at radius 1 is 1.28 bits per heavy atom. The van der Waals surface area contributed by atoms with E-state index in [0.29, 0.717) is 6.42 Å². The number of hydrogen-bond acceptors (Lipinski definition) is 3. The molecule has 0 amide bonds. The fourth-order valence-electron chi connectivity index (χ4n) is 2.09. The monoisotopic (exact) mass is 245 g/mol. The van der Waals surface area contributed by atoms with Crippen LogP contribution in [0.15, 0.2) is 24.3 Å². The molecule has 4 nitrogen and oxygen atoms in total. The number of aromatic nitrogens is 3. The highest BCUT2D eigenvalue weighted by molar-refractivity contribution is 5.16. The van der Waals surface area contributed by atoms with Crippen molar-refractivity contribution in [3.05, 3.63) is 47.0 Å². The van der Waals surface area contributed by atoms with Crippen LogP contribution >= 0.6 is 0 Å². The Morgan fingerprint density at radius 3 is 2.72 bits per heavy atom. The maximum absolute atomic E-state index is 10.2. The van der Waals surface area contributed by atoms with Gasteiger partial charge in [-0.15, -0.1) is 0 Å². The maximum atomic E-state index is 10.2. The van der Waals surface area contributed by atoms with Gasteiger partial charge in [-0.3, -0.25) is 9.67 Å². The van der Waals surface area contributed by atoms with Crippen molar-refractivity contribution in [2.24, 2.45) is 0 Å². The molecule has 0 bridgehead atoms. The minimum absolute atomic E-state index is 0.547. The Morgan fingerprint density at radius 2 is 2.06 bits per heavy atom. The van der Waals surface area contributed by atoms with Crippen LogP contribution in [0, 0.1) is 13.8 Å². The van der Waals surface area contributed by atoms with Gasteiger partial charge in [-0.2, -0.15) is 5.10 Å². The lowest BCUT2D eigenvalue weighted by atomic mass is 10.1. The Kier molecular flexibility index (Phi) is 3.77. The number of aliphatic hydroxyl groups is 1. The molecular formula is C14H19N3O. The van der Waals surface area contributed by atoms with Gasteiger partial charge < -0.3 is 5.11 Å². The molecule has 0 aliphatic carbocycles. The Bertz CT molecular complexity index is 534. The van der Waals surface area contributed by atoms with Crippen molar-refractivity contribution in [2.75, 3.05) is 0 Å². The van der Waals surface area contributed by atoms with E-state index in [0.717, 1.165) is 29.3 Å². The molecule has 1 atom stereocenters. The SMILES string of the molecule is CCn1nc(C)cc1CC(O)c1cccc(C)n1. The molecule has 0 aliphatic heterocycles. The molecule has 4 heteroatoms. The van der Waals surface area contributed by atoms with Crippen molar-refractivity contribution in [3.8, 4) is 0 Å². The van der Waals surface area contributed by atoms with Crippen LogP contribution in [0.2, 0.25) is 0 Å². The summed E-state index contributed by atoms with van der Waals surface area (Å²) < 4.78 is 1.92. The number of hydrogen-bond donors (Lipinski definition) is 1. The van der Waals surface area contributed by atoms with Gasteiger partial charge in [0.15, 0.2) is 0 Å². The molecule has 1 N–H and O–H groups in total. The predicted octanol–water partition coefficient (Wildman–Crippen LogP) is 2.19. The van der Waals surface area contributed by atoms with Crippen LogP contribution in [0.25, 0.3) is 0 Å². The van der Waals surface area contributed by atoms with E-state index in [2.05, 4.69) is 10.1 Å². The molecule has 2 rings (SSSR count). The zero-order valence-corrected chi connectivity index (χ0v) is 11.1. The van der Waals surface area contributed by atoms with Gasteiger partial charge in [-0.05, 0) is 39.0 Å². The Hall–Kier alpha value is -1.68. The first kappa shape index (κ1) is 12.8. The minimum Gasteiger partial charge on any atom is -0.386 e. The second-order valence-corrected chi connectivity index (χ2v) is 4.52. The zero-order chi connectivity index (χ0) is 13.1. The lowest BCUT2D eigenvalue weighted by Gasteiger charge is -2.11. The van der Waals surface area contributed by atoms with Crippen LogP contribution in [-0.2, 0) is 13.0 Å². The highest BCUT2D eigenvalue weighted by atomic mass is 16.3. The summed E-state index contributed by atoms with van der Waals surface area (Å²) in [4.78, 5) is 4.35. The molecule has 0 aromatic carbocycles. The highest BCUT2D eigenvalue weighted by Gasteiger charge is 2.13. The van der Waals surface area contributed by atoms with Crippen LogP contribution in [0.3, 0.4) is 0 Å². The Labute approximate surface area is 107 Å². The van der Waals surface area contributed by atoms with E-state index in [1.54, 1.807) is 0 Å².